The van der Waals surface area contributed by atoms with Crippen molar-refractivity contribution in [2.75, 3.05) is 0 Å². The van der Waals surface area contributed by atoms with E-state index in [1.54, 1.807) is 19.9 Å². The Labute approximate surface area is 129 Å². The van der Waals surface area contributed by atoms with E-state index >= 15 is 0 Å². The second-order valence-corrected chi connectivity index (χ2v) is 6.70. The molecule has 1 aromatic carbocycles. The van der Waals surface area contributed by atoms with Crippen molar-refractivity contribution >= 4 is 17.5 Å². The first-order valence-corrected chi connectivity index (χ1v) is 7.74. The van der Waals surface area contributed by atoms with Crippen LogP contribution in [0.4, 0.5) is 0 Å². The molecule has 1 saturated carbocycles. The van der Waals surface area contributed by atoms with Crippen molar-refractivity contribution in [3.8, 4) is 5.75 Å². The number of hydrogen-bond acceptors (Lipinski definition) is 3. The van der Waals surface area contributed by atoms with E-state index in [1.165, 1.54) is 0 Å². The average Bonchev–Trinajstić information content (AvgIpc) is 2.63. The number of hydrogen-bond donors (Lipinski definition) is 1. The number of rotatable bonds is 2. The highest BCUT2D eigenvalue weighted by Gasteiger charge is 2.56. The van der Waals surface area contributed by atoms with E-state index in [0.29, 0.717) is 10.8 Å². The first-order valence-electron chi connectivity index (χ1n) is 7.36. The predicted molar refractivity (Wildman–Crippen MR) is 80.4 cm³/mol. The number of benzene rings is 1. The summed E-state index contributed by atoms with van der Waals surface area (Å²) < 4.78 is 12.2. The van der Waals surface area contributed by atoms with Gasteiger partial charge < -0.3 is 14.8 Å². The third kappa shape index (κ3) is 2.74. The normalized spacial score (nSPS) is 31.2. The van der Waals surface area contributed by atoms with Crippen molar-refractivity contribution in [3.05, 3.63) is 29.3 Å². The smallest absolute Gasteiger partial charge is 0.254 e. The molecule has 1 heterocycles. The van der Waals surface area contributed by atoms with Crippen molar-refractivity contribution in [2.45, 2.75) is 57.0 Å². The molecule has 1 spiro atoms. The maximum absolute atomic E-state index is 12.1. The molecule has 114 valence electrons. The lowest BCUT2D eigenvalue weighted by Gasteiger charge is -2.40. The number of halogens is 1. The number of carbonyl (C=O) groups is 1. The van der Waals surface area contributed by atoms with Crippen LogP contribution in [0.5, 0.6) is 5.75 Å². The zero-order valence-corrected chi connectivity index (χ0v) is 13.1. The van der Waals surface area contributed by atoms with Crippen LogP contribution in [-0.4, -0.2) is 23.3 Å². The summed E-state index contributed by atoms with van der Waals surface area (Å²) in [6, 6.07) is 7.31. The third-order valence-electron chi connectivity index (χ3n) is 4.17. The van der Waals surface area contributed by atoms with E-state index in [0.717, 1.165) is 25.7 Å². The van der Waals surface area contributed by atoms with Crippen molar-refractivity contribution in [2.24, 2.45) is 0 Å². The Morgan fingerprint density at radius 2 is 2.19 bits per heavy atom. The molecule has 1 aliphatic heterocycles. The number of nitrogens with one attached hydrogen (secondary N) is 1. The fourth-order valence-electron chi connectivity index (χ4n) is 3.10. The summed E-state index contributed by atoms with van der Waals surface area (Å²) in [5, 5.41) is 3.66. The fourth-order valence-corrected chi connectivity index (χ4v) is 3.28. The largest absolute Gasteiger partial charge is 0.485 e. The van der Waals surface area contributed by atoms with Crippen LogP contribution in [0.15, 0.2) is 24.3 Å². The molecular weight excluding hydrogens is 290 g/mol. The summed E-state index contributed by atoms with van der Waals surface area (Å²) in [5.41, 5.74) is -1.53. The Kier molecular flexibility index (Phi) is 3.62. The summed E-state index contributed by atoms with van der Waals surface area (Å²) in [4.78, 5) is 12.1. The number of ether oxygens (including phenoxy) is 2. The van der Waals surface area contributed by atoms with E-state index in [-0.39, 0.29) is 12.0 Å². The number of carbonyl (C=O) groups excluding carboxylic acids is 1. The Bertz CT molecular complexity index is 560. The van der Waals surface area contributed by atoms with E-state index in [4.69, 9.17) is 21.1 Å². The van der Waals surface area contributed by atoms with Crippen LogP contribution in [0, 0.1) is 0 Å². The van der Waals surface area contributed by atoms with Crippen molar-refractivity contribution < 1.29 is 14.3 Å². The maximum Gasteiger partial charge on any atom is 0.254 e. The van der Waals surface area contributed by atoms with E-state index in [2.05, 4.69) is 5.32 Å². The maximum atomic E-state index is 12.1. The Balaban J connectivity index is 1.84. The van der Waals surface area contributed by atoms with Gasteiger partial charge in [-0.1, -0.05) is 17.7 Å². The molecule has 0 aromatic heterocycles. The third-order valence-corrected chi connectivity index (χ3v) is 4.40. The topological polar surface area (TPSA) is 47.6 Å². The van der Waals surface area contributed by atoms with Crippen LogP contribution in [0.25, 0.3) is 0 Å². The molecule has 0 bridgehead atoms. The fraction of sp³-hybridized carbons (Fsp3) is 0.562. The van der Waals surface area contributed by atoms with Crippen molar-refractivity contribution in [3.63, 3.8) is 0 Å². The van der Waals surface area contributed by atoms with E-state index in [1.807, 2.05) is 18.2 Å². The average molecular weight is 310 g/mol. The summed E-state index contributed by atoms with van der Waals surface area (Å²) in [6.45, 7) is 3.59. The molecule has 1 aliphatic carbocycles. The molecule has 1 aromatic rings. The van der Waals surface area contributed by atoms with Crippen LogP contribution in [0.3, 0.4) is 0 Å². The summed E-state index contributed by atoms with van der Waals surface area (Å²) >= 11 is 6.00. The molecule has 5 heteroatoms. The van der Waals surface area contributed by atoms with Gasteiger partial charge in [-0.15, -0.1) is 0 Å². The van der Waals surface area contributed by atoms with Crippen LogP contribution in [-0.2, 0) is 9.53 Å². The molecule has 3 rings (SSSR count). The van der Waals surface area contributed by atoms with Crippen LogP contribution < -0.4 is 10.1 Å². The molecule has 2 atom stereocenters. The van der Waals surface area contributed by atoms with E-state index in [9.17, 15) is 4.79 Å². The van der Waals surface area contributed by atoms with Crippen LogP contribution in [0.1, 0.15) is 39.5 Å². The molecule has 4 nitrogen and oxygen atoms in total. The van der Waals surface area contributed by atoms with Gasteiger partial charge in [0.25, 0.3) is 5.91 Å². The van der Waals surface area contributed by atoms with E-state index < -0.39 is 11.3 Å². The minimum atomic E-state index is -0.812. The van der Waals surface area contributed by atoms with Gasteiger partial charge in [-0.25, -0.2) is 0 Å². The molecule has 1 N–H and O–H groups in total. The number of amides is 1. The van der Waals surface area contributed by atoms with Gasteiger partial charge in [0.05, 0.1) is 0 Å². The van der Waals surface area contributed by atoms with Gasteiger partial charge in [0.2, 0.25) is 0 Å². The lowest BCUT2D eigenvalue weighted by atomic mass is 9.89. The quantitative estimate of drug-likeness (QED) is 0.912. The Morgan fingerprint density at radius 1 is 1.38 bits per heavy atom. The second-order valence-electron chi connectivity index (χ2n) is 6.27. The van der Waals surface area contributed by atoms with Gasteiger partial charge in [0, 0.05) is 5.02 Å². The van der Waals surface area contributed by atoms with Crippen LogP contribution in [0.2, 0.25) is 5.02 Å². The van der Waals surface area contributed by atoms with Crippen molar-refractivity contribution in [1.82, 2.24) is 5.32 Å². The highest BCUT2D eigenvalue weighted by Crippen LogP contribution is 2.40. The highest BCUT2D eigenvalue weighted by atomic mass is 35.5. The molecular formula is C16H20ClNO3. The molecule has 0 radical (unpaired) electrons. The molecule has 2 fully saturated rings. The standard InChI is InChI=1S/C16H20ClNO3/c1-15(2)14(19)18-16(21-15)9-4-3-8-13(16)20-12-7-5-6-11(17)10-12/h5-7,10,13H,3-4,8-9H2,1-2H3,(H,18,19). The first-order chi connectivity index (χ1) is 9.91. The zero-order chi connectivity index (χ0) is 15.1. The Hall–Kier alpha value is -1.26. The monoisotopic (exact) mass is 309 g/mol. The second kappa shape index (κ2) is 5.18. The Morgan fingerprint density at radius 3 is 2.86 bits per heavy atom. The molecule has 21 heavy (non-hydrogen) atoms. The first kappa shape index (κ1) is 14.7. The predicted octanol–water partition coefficient (Wildman–Crippen LogP) is 3.28. The highest BCUT2D eigenvalue weighted by molar-refractivity contribution is 6.30. The summed E-state index contributed by atoms with van der Waals surface area (Å²) in [5.74, 6) is 0.625. The van der Waals surface area contributed by atoms with Crippen LogP contribution >= 0.6 is 11.6 Å². The summed E-state index contributed by atoms with van der Waals surface area (Å²) in [7, 11) is 0. The lowest BCUT2D eigenvalue weighted by Crippen LogP contribution is -2.56. The van der Waals surface area contributed by atoms with Gasteiger partial charge >= 0.3 is 0 Å². The minimum absolute atomic E-state index is 0.0795. The molecule has 2 aliphatic rings. The zero-order valence-electron chi connectivity index (χ0n) is 12.3. The lowest BCUT2D eigenvalue weighted by molar-refractivity contribution is -0.163. The SMILES string of the molecule is CC1(C)OC2(CCCCC2Oc2cccc(Cl)c2)NC1=O. The molecule has 1 saturated heterocycles. The van der Waals surface area contributed by atoms with Gasteiger partial charge in [0.1, 0.15) is 17.5 Å². The van der Waals surface area contributed by atoms with Gasteiger partial charge in [-0.3, -0.25) is 4.79 Å². The summed E-state index contributed by atoms with van der Waals surface area (Å²) in [6.07, 6.45) is 3.50. The van der Waals surface area contributed by atoms with Gasteiger partial charge in [-0.05, 0) is 57.7 Å². The minimum Gasteiger partial charge on any atom is -0.485 e. The molecule has 1 amide bonds. The molecule has 2 unspecified atom stereocenters. The van der Waals surface area contributed by atoms with Gasteiger partial charge in [-0.2, -0.15) is 0 Å². The van der Waals surface area contributed by atoms with Gasteiger partial charge in [0.15, 0.2) is 5.72 Å². The van der Waals surface area contributed by atoms with Crippen molar-refractivity contribution in [1.29, 1.82) is 0 Å².